The van der Waals surface area contributed by atoms with E-state index in [1.807, 2.05) is 12.1 Å². The molecular formula is C13H11N3O2S. The number of fused-ring (bicyclic) bond motifs is 1. The van der Waals surface area contributed by atoms with Crippen LogP contribution >= 0.6 is 11.3 Å². The minimum absolute atomic E-state index is 0.224. The van der Waals surface area contributed by atoms with Crippen LogP contribution in [0.1, 0.15) is 16.1 Å². The number of nitrogens with zero attached hydrogens (tertiary/aromatic N) is 1. The van der Waals surface area contributed by atoms with Gasteiger partial charge in [0.15, 0.2) is 5.13 Å². The molecule has 0 fully saturated rings. The van der Waals surface area contributed by atoms with E-state index in [0.717, 1.165) is 10.2 Å². The van der Waals surface area contributed by atoms with Gasteiger partial charge in [-0.05, 0) is 31.2 Å². The number of carbonyl (C=O) groups excluding carboxylic acids is 1. The van der Waals surface area contributed by atoms with Crippen molar-refractivity contribution in [2.45, 2.75) is 6.92 Å². The average molecular weight is 273 g/mol. The van der Waals surface area contributed by atoms with E-state index in [1.54, 1.807) is 19.1 Å². The van der Waals surface area contributed by atoms with Crippen molar-refractivity contribution in [1.29, 1.82) is 0 Å². The van der Waals surface area contributed by atoms with Crippen molar-refractivity contribution < 1.29 is 9.21 Å². The van der Waals surface area contributed by atoms with Crippen LogP contribution in [0.4, 0.5) is 10.8 Å². The van der Waals surface area contributed by atoms with Crippen LogP contribution in [0.2, 0.25) is 0 Å². The molecule has 6 heteroatoms. The molecule has 0 aliphatic rings. The van der Waals surface area contributed by atoms with Crippen molar-refractivity contribution in [2.24, 2.45) is 0 Å². The number of aromatic nitrogens is 1. The van der Waals surface area contributed by atoms with Gasteiger partial charge in [0.2, 0.25) is 0 Å². The lowest BCUT2D eigenvalue weighted by Crippen LogP contribution is -2.11. The maximum absolute atomic E-state index is 12.0. The highest BCUT2D eigenvalue weighted by molar-refractivity contribution is 7.22. The standard InChI is InChI=1S/C13H11N3O2S/c1-7-9(4-5-18-7)12(17)16-13-15-10-3-2-8(14)6-11(10)19-13/h2-6H,14H2,1H3,(H,15,16,17). The van der Waals surface area contributed by atoms with Gasteiger partial charge in [-0.2, -0.15) is 0 Å². The highest BCUT2D eigenvalue weighted by Gasteiger charge is 2.13. The Morgan fingerprint density at radius 3 is 3.00 bits per heavy atom. The Hall–Kier alpha value is -2.34. The van der Waals surface area contributed by atoms with Crippen LogP contribution in [0.5, 0.6) is 0 Å². The Kier molecular flexibility index (Phi) is 2.72. The van der Waals surface area contributed by atoms with Crippen molar-refractivity contribution in [3.8, 4) is 0 Å². The number of rotatable bonds is 2. The summed E-state index contributed by atoms with van der Waals surface area (Å²) in [6.07, 6.45) is 1.49. The number of nitrogens with two attached hydrogens (primary N) is 1. The van der Waals surface area contributed by atoms with Gasteiger partial charge in [0.25, 0.3) is 5.91 Å². The number of benzene rings is 1. The highest BCUT2D eigenvalue weighted by Crippen LogP contribution is 2.28. The SMILES string of the molecule is Cc1occc1C(=O)Nc1nc2ccc(N)cc2s1. The summed E-state index contributed by atoms with van der Waals surface area (Å²) in [4.78, 5) is 16.3. The molecule has 0 bridgehead atoms. The predicted octanol–water partition coefficient (Wildman–Crippen LogP) is 3.03. The molecule has 0 atom stereocenters. The monoisotopic (exact) mass is 273 g/mol. The third kappa shape index (κ3) is 2.17. The second-order valence-electron chi connectivity index (χ2n) is 4.09. The van der Waals surface area contributed by atoms with Crippen molar-refractivity contribution in [2.75, 3.05) is 11.1 Å². The fourth-order valence-corrected chi connectivity index (χ4v) is 2.69. The summed E-state index contributed by atoms with van der Waals surface area (Å²) >= 11 is 1.39. The maximum atomic E-state index is 12.0. The first-order valence-corrected chi connectivity index (χ1v) is 6.46. The van der Waals surface area contributed by atoms with Gasteiger partial charge in [0.05, 0.1) is 22.0 Å². The zero-order chi connectivity index (χ0) is 13.4. The number of thiazole rings is 1. The summed E-state index contributed by atoms with van der Waals surface area (Å²) in [5.74, 6) is 0.362. The van der Waals surface area contributed by atoms with Gasteiger partial charge < -0.3 is 10.2 Å². The van der Waals surface area contributed by atoms with Crippen LogP contribution in [0.3, 0.4) is 0 Å². The zero-order valence-corrected chi connectivity index (χ0v) is 11.0. The summed E-state index contributed by atoms with van der Waals surface area (Å²) in [6.45, 7) is 1.74. The van der Waals surface area contributed by atoms with Crippen LogP contribution in [0, 0.1) is 6.92 Å². The first-order valence-electron chi connectivity index (χ1n) is 5.65. The molecule has 0 aliphatic heterocycles. The lowest BCUT2D eigenvalue weighted by molar-refractivity contribution is 0.102. The van der Waals surface area contributed by atoms with E-state index >= 15 is 0 Å². The zero-order valence-electron chi connectivity index (χ0n) is 10.1. The topological polar surface area (TPSA) is 81.2 Å². The molecule has 1 amide bonds. The van der Waals surface area contributed by atoms with Gasteiger partial charge in [0, 0.05) is 5.69 Å². The molecule has 0 unspecified atom stereocenters. The summed E-state index contributed by atoms with van der Waals surface area (Å²) < 4.78 is 6.05. The molecular weight excluding hydrogens is 262 g/mol. The molecule has 3 rings (SSSR count). The number of nitrogens with one attached hydrogen (secondary N) is 1. The summed E-state index contributed by atoms with van der Waals surface area (Å²) in [6, 6.07) is 7.09. The van der Waals surface area contributed by atoms with Crippen LogP contribution in [-0.2, 0) is 0 Å². The number of furan rings is 1. The van der Waals surface area contributed by atoms with E-state index in [2.05, 4.69) is 10.3 Å². The Morgan fingerprint density at radius 1 is 1.42 bits per heavy atom. The molecule has 1 aromatic carbocycles. The molecule has 0 saturated carbocycles. The summed E-state index contributed by atoms with van der Waals surface area (Å²) in [5.41, 5.74) is 7.72. The molecule has 19 heavy (non-hydrogen) atoms. The van der Waals surface area contributed by atoms with Crippen LogP contribution in [-0.4, -0.2) is 10.9 Å². The van der Waals surface area contributed by atoms with Gasteiger partial charge in [0.1, 0.15) is 5.76 Å². The Bertz CT molecular complexity index is 760. The van der Waals surface area contributed by atoms with Crippen LogP contribution < -0.4 is 11.1 Å². The number of aryl methyl sites for hydroxylation is 1. The van der Waals surface area contributed by atoms with E-state index in [-0.39, 0.29) is 5.91 Å². The highest BCUT2D eigenvalue weighted by atomic mass is 32.1. The normalized spacial score (nSPS) is 10.8. The fraction of sp³-hybridized carbons (Fsp3) is 0.0769. The van der Waals surface area contributed by atoms with Gasteiger partial charge in [-0.15, -0.1) is 0 Å². The minimum atomic E-state index is -0.224. The lowest BCUT2D eigenvalue weighted by atomic mass is 10.2. The third-order valence-electron chi connectivity index (χ3n) is 2.74. The molecule has 0 aliphatic carbocycles. The quantitative estimate of drug-likeness (QED) is 0.703. The predicted molar refractivity (Wildman–Crippen MR) is 75.4 cm³/mol. The maximum Gasteiger partial charge on any atom is 0.260 e. The second kappa shape index (κ2) is 4.40. The number of nitrogen functional groups attached to an aromatic ring is 1. The molecule has 0 spiro atoms. The average Bonchev–Trinajstić information content (AvgIpc) is 2.94. The smallest absolute Gasteiger partial charge is 0.260 e. The molecule has 2 aromatic heterocycles. The van der Waals surface area contributed by atoms with E-state index in [4.69, 9.17) is 10.2 Å². The largest absolute Gasteiger partial charge is 0.469 e. The van der Waals surface area contributed by atoms with E-state index in [1.165, 1.54) is 17.6 Å². The van der Waals surface area contributed by atoms with Gasteiger partial charge in [-0.25, -0.2) is 4.98 Å². The van der Waals surface area contributed by atoms with Gasteiger partial charge >= 0.3 is 0 Å². The second-order valence-corrected chi connectivity index (χ2v) is 5.12. The van der Waals surface area contributed by atoms with E-state index in [9.17, 15) is 4.79 Å². The van der Waals surface area contributed by atoms with Crippen molar-refractivity contribution in [3.05, 3.63) is 41.9 Å². The van der Waals surface area contributed by atoms with Gasteiger partial charge in [-0.1, -0.05) is 11.3 Å². The Balaban J connectivity index is 1.89. The molecule has 0 radical (unpaired) electrons. The van der Waals surface area contributed by atoms with E-state index in [0.29, 0.717) is 22.1 Å². The van der Waals surface area contributed by atoms with Crippen molar-refractivity contribution in [3.63, 3.8) is 0 Å². The van der Waals surface area contributed by atoms with Crippen molar-refractivity contribution >= 4 is 38.3 Å². The first-order chi connectivity index (χ1) is 9.13. The summed E-state index contributed by atoms with van der Waals surface area (Å²) in [7, 11) is 0. The third-order valence-corrected chi connectivity index (χ3v) is 3.67. The number of carbonyl (C=O) groups is 1. The first kappa shape index (κ1) is 11.7. The minimum Gasteiger partial charge on any atom is -0.469 e. The van der Waals surface area contributed by atoms with E-state index < -0.39 is 0 Å². The summed E-state index contributed by atoms with van der Waals surface area (Å²) in [5, 5.41) is 3.31. The number of hydrogen-bond donors (Lipinski definition) is 2. The molecule has 5 nitrogen and oxygen atoms in total. The molecule has 0 saturated heterocycles. The van der Waals surface area contributed by atoms with Crippen LogP contribution in [0.15, 0.2) is 34.9 Å². The lowest BCUT2D eigenvalue weighted by Gasteiger charge is -1.98. The van der Waals surface area contributed by atoms with Gasteiger partial charge in [-0.3, -0.25) is 10.1 Å². The molecule has 3 N–H and O–H groups in total. The number of amides is 1. The number of hydrogen-bond acceptors (Lipinski definition) is 5. The molecule has 3 aromatic rings. The van der Waals surface area contributed by atoms with Crippen molar-refractivity contribution in [1.82, 2.24) is 4.98 Å². The fourth-order valence-electron chi connectivity index (χ4n) is 1.78. The molecule has 2 heterocycles. The number of anilines is 2. The van der Waals surface area contributed by atoms with Crippen LogP contribution in [0.25, 0.3) is 10.2 Å². The molecule has 96 valence electrons. The Morgan fingerprint density at radius 2 is 2.26 bits per heavy atom. The Labute approximate surface area is 113 Å².